The Morgan fingerprint density at radius 2 is 1.88 bits per heavy atom. The third-order valence-corrected chi connectivity index (χ3v) is 3.65. The molecule has 0 atom stereocenters. The summed E-state index contributed by atoms with van der Waals surface area (Å²) >= 11 is 0. The smallest absolute Gasteiger partial charge is 0.338 e. The van der Waals surface area contributed by atoms with Crippen LogP contribution in [0.5, 0.6) is 0 Å². The van der Waals surface area contributed by atoms with Crippen LogP contribution in [-0.2, 0) is 17.8 Å². The Morgan fingerprint density at radius 1 is 1.16 bits per heavy atom. The summed E-state index contributed by atoms with van der Waals surface area (Å²) in [4.78, 5) is 25.1. The number of carboxylic acid groups (broad SMARTS) is 1. The van der Waals surface area contributed by atoms with E-state index in [4.69, 9.17) is 5.11 Å². The fraction of sp³-hybridized carbons (Fsp3) is 0.263. The van der Waals surface area contributed by atoms with Gasteiger partial charge in [0.25, 0.3) is 0 Å². The highest BCUT2D eigenvalue weighted by atomic mass is 19.1. The largest absolute Gasteiger partial charge is 0.478 e. The predicted molar refractivity (Wildman–Crippen MR) is 94.3 cm³/mol. The summed E-state index contributed by atoms with van der Waals surface area (Å²) in [6.07, 6.45) is -0.0356. The highest BCUT2D eigenvalue weighted by Gasteiger charge is 2.13. The first kappa shape index (κ1) is 18.6. The summed E-state index contributed by atoms with van der Waals surface area (Å²) in [6, 6.07) is 9.47. The monoisotopic (exact) mass is 344 g/mol. The molecular formula is C19H21FN2O3. The topological polar surface area (TPSA) is 69.6 Å². The number of anilines is 1. The maximum absolute atomic E-state index is 13.7. The second kappa shape index (κ2) is 7.90. The SMILES string of the molecule is Cc1ccc(NC(=O)Cc2ccc(C(=O)O)c(F)c2)c(CN(C)C)c1. The number of nitrogens with one attached hydrogen (secondary N) is 1. The number of benzene rings is 2. The van der Waals surface area contributed by atoms with Crippen LogP contribution in [0.4, 0.5) is 10.1 Å². The van der Waals surface area contributed by atoms with E-state index >= 15 is 0 Å². The Bertz CT molecular complexity index is 803. The molecule has 25 heavy (non-hydrogen) atoms. The number of nitrogens with zero attached hydrogens (tertiary/aromatic N) is 1. The quantitative estimate of drug-likeness (QED) is 0.845. The van der Waals surface area contributed by atoms with Gasteiger partial charge in [0, 0.05) is 12.2 Å². The van der Waals surface area contributed by atoms with Gasteiger partial charge in [-0.25, -0.2) is 9.18 Å². The minimum Gasteiger partial charge on any atom is -0.478 e. The second-order valence-corrected chi connectivity index (χ2v) is 6.24. The molecule has 0 heterocycles. The number of aryl methyl sites for hydroxylation is 1. The molecule has 0 aliphatic heterocycles. The summed E-state index contributed by atoms with van der Waals surface area (Å²) in [5.74, 6) is -2.46. The average Bonchev–Trinajstić information content (AvgIpc) is 2.49. The number of carbonyl (C=O) groups excluding carboxylic acids is 1. The molecule has 2 N–H and O–H groups in total. The average molecular weight is 344 g/mol. The van der Waals surface area contributed by atoms with Crippen molar-refractivity contribution in [1.82, 2.24) is 4.90 Å². The number of carbonyl (C=O) groups is 2. The van der Waals surface area contributed by atoms with Gasteiger partial charge in [0.1, 0.15) is 5.82 Å². The van der Waals surface area contributed by atoms with E-state index in [2.05, 4.69) is 5.32 Å². The van der Waals surface area contributed by atoms with Crippen LogP contribution >= 0.6 is 0 Å². The maximum atomic E-state index is 13.7. The van der Waals surface area contributed by atoms with Crippen molar-refractivity contribution in [3.8, 4) is 0 Å². The first-order valence-electron chi connectivity index (χ1n) is 7.82. The zero-order valence-electron chi connectivity index (χ0n) is 14.5. The first-order chi connectivity index (χ1) is 11.8. The lowest BCUT2D eigenvalue weighted by molar-refractivity contribution is -0.115. The Kier molecular flexibility index (Phi) is 5.88. The van der Waals surface area contributed by atoms with Crippen molar-refractivity contribution in [3.05, 3.63) is 64.5 Å². The van der Waals surface area contributed by atoms with Crippen LogP contribution in [0.1, 0.15) is 27.0 Å². The fourth-order valence-electron chi connectivity index (χ4n) is 2.54. The van der Waals surface area contributed by atoms with Crippen molar-refractivity contribution in [2.75, 3.05) is 19.4 Å². The molecule has 2 aromatic carbocycles. The fourth-order valence-corrected chi connectivity index (χ4v) is 2.54. The molecule has 6 heteroatoms. The van der Waals surface area contributed by atoms with Gasteiger partial charge in [0.2, 0.25) is 5.91 Å². The Hall–Kier alpha value is -2.73. The lowest BCUT2D eigenvalue weighted by atomic mass is 10.1. The molecule has 132 valence electrons. The maximum Gasteiger partial charge on any atom is 0.338 e. The molecule has 0 aliphatic rings. The van der Waals surface area contributed by atoms with Gasteiger partial charge >= 0.3 is 5.97 Å². The van der Waals surface area contributed by atoms with Crippen LogP contribution in [0, 0.1) is 12.7 Å². The van der Waals surface area contributed by atoms with Crippen LogP contribution in [0.25, 0.3) is 0 Å². The molecule has 2 rings (SSSR count). The molecule has 0 radical (unpaired) electrons. The van der Waals surface area contributed by atoms with Crippen LogP contribution in [0.3, 0.4) is 0 Å². The van der Waals surface area contributed by atoms with E-state index in [1.807, 2.05) is 44.1 Å². The number of aromatic carboxylic acids is 1. The van der Waals surface area contributed by atoms with E-state index in [9.17, 15) is 14.0 Å². The first-order valence-corrected chi connectivity index (χ1v) is 7.82. The third-order valence-electron chi connectivity index (χ3n) is 3.65. The molecule has 2 aromatic rings. The van der Waals surface area contributed by atoms with Gasteiger partial charge < -0.3 is 15.3 Å². The van der Waals surface area contributed by atoms with E-state index in [1.165, 1.54) is 12.1 Å². The van der Waals surface area contributed by atoms with Gasteiger partial charge in [0.15, 0.2) is 0 Å². The van der Waals surface area contributed by atoms with Gasteiger partial charge in [-0.1, -0.05) is 23.8 Å². The summed E-state index contributed by atoms with van der Waals surface area (Å²) in [5, 5.41) is 11.7. The molecule has 5 nitrogen and oxygen atoms in total. The van der Waals surface area contributed by atoms with Gasteiger partial charge in [-0.2, -0.15) is 0 Å². The van der Waals surface area contributed by atoms with Gasteiger partial charge in [0.05, 0.1) is 12.0 Å². The number of hydrogen-bond acceptors (Lipinski definition) is 3. The summed E-state index contributed by atoms with van der Waals surface area (Å²) in [7, 11) is 3.89. The van der Waals surface area contributed by atoms with Crippen molar-refractivity contribution >= 4 is 17.6 Å². The van der Waals surface area contributed by atoms with Gasteiger partial charge in [-0.05, 0) is 50.3 Å². The van der Waals surface area contributed by atoms with E-state index in [1.54, 1.807) is 0 Å². The van der Waals surface area contributed by atoms with Gasteiger partial charge in [-0.15, -0.1) is 0 Å². The minimum atomic E-state index is -1.33. The van der Waals surface area contributed by atoms with Crippen LogP contribution < -0.4 is 5.32 Å². The molecule has 1 amide bonds. The highest BCUT2D eigenvalue weighted by Crippen LogP contribution is 2.19. The number of carboxylic acids is 1. The third kappa shape index (κ3) is 5.12. The van der Waals surface area contributed by atoms with Crippen LogP contribution in [0.15, 0.2) is 36.4 Å². The lowest BCUT2D eigenvalue weighted by Crippen LogP contribution is -2.18. The van der Waals surface area contributed by atoms with E-state index in [0.29, 0.717) is 17.8 Å². The number of hydrogen-bond donors (Lipinski definition) is 2. The molecule has 0 fully saturated rings. The summed E-state index contributed by atoms with van der Waals surface area (Å²) < 4.78 is 13.7. The minimum absolute atomic E-state index is 0.0356. The second-order valence-electron chi connectivity index (χ2n) is 6.24. The Labute approximate surface area is 146 Å². The zero-order valence-corrected chi connectivity index (χ0v) is 14.5. The summed E-state index contributed by atoms with van der Waals surface area (Å²) in [6.45, 7) is 2.66. The number of amides is 1. The zero-order chi connectivity index (χ0) is 18.6. The normalized spacial score (nSPS) is 10.8. The van der Waals surface area contributed by atoms with E-state index < -0.39 is 17.3 Å². The lowest BCUT2D eigenvalue weighted by Gasteiger charge is -2.16. The summed E-state index contributed by atoms with van der Waals surface area (Å²) in [5.41, 5.74) is 2.82. The molecule has 0 aliphatic carbocycles. The van der Waals surface area contributed by atoms with Crippen molar-refractivity contribution in [1.29, 1.82) is 0 Å². The standard InChI is InChI=1S/C19H21FN2O3/c1-12-4-7-17(14(8-12)11-22(2)3)21-18(23)10-13-5-6-15(19(24)25)16(20)9-13/h4-9H,10-11H2,1-3H3,(H,21,23)(H,24,25). The van der Waals surface area contributed by atoms with Gasteiger partial charge in [-0.3, -0.25) is 4.79 Å². The predicted octanol–water partition coefficient (Wildman–Crippen LogP) is 3.08. The molecule has 0 unspecified atom stereocenters. The molecule has 0 saturated carbocycles. The highest BCUT2D eigenvalue weighted by molar-refractivity contribution is 5.93. The molecule has 0 spiro atoms. The molecular weight excluding hydrogens is 323 g/mol. The van der Waals surface area contributed by atoms with Crippen LogP contribution in [-0.4, -0.2) is 36.0 Å². The number of halogens is 1. The van der Waals surface area contributed by atoms with E-state index in [-0.39, 0.29) is 12.3 Å². The molecule has 0 bridgehead atoms. The van der Waals surface area contributed by atoms with Crippen molar-refractivity contribution in [3.63, 3.8) is 0 Å². The Balaban J connectivity index is 2.13. The number of rotatable bonds is 6. The van der Waals surface area contributed by atoms with Crippen molar-refractivity contribution in [2.24, 2.45) is 0 Å². The van der Waals surface area contributed by atoms with E-state index in [0.717, 1.165) is 17.2 Å². The van der Waals surface area contributed by atoms with Crippen molar-refractivity contribution < 1.29 is 19.1 Å². The Morgan fingerprint density at radius 3 is 2.48 bits per heavy atom. The molecule has 0 aromatic heterocycles. The van der Waals surface area contributed by atoms with Crippen LogP contribution in [0.2, 0.25) is 0 Å². The van der Waals surface area contributed by atoms with Crippen molar-refractivity contribution in [2.45, 2.75) is 19.9 Å². The molecule has 0 saturated heterocycles.